The average molecular weight is 299 g/mol. The lowest BCUT2D eigenvalue weighted by Crippen LogP contribution is -1.93. The molecule has 0 amide bonds. The van der Waals surface area contributed by atoms with Crippen LogP contribution in [-0.4, -0.2) is 0 Å². The summed E-state index contributed by atoms with van der Waals surface area (Å²) < 4.78 is 1.24. The molecule has 90 valence electrons. The maximum Gasteiger partial charge on any atom is 0.0285 e. The van der Waals surface area contributed by atoms with E-state index in [1.807, 2.05) is 0 Å². The van der Waals surface area contributed by atoms with Gasteiger partial charge in [0.25, 0.3) is 0 Å². The van der Waals surface area contributed by atoms with Gasteiger partial charge in [-0.05, 0) is 75.6 Å². The Morgan fingerprint density at radius 2 is 1.83 bits per heavy atom. The summed E-state index contributed by atoms with van der Waals surface area (Å²) >= 11 is 3.75. The summed E-state index contributed by atoms with van der Waals surface area (Å²) in [5, 5.41) is 0. The second-order valence-electron chi connectivity index (χ2n) is 4.86. The quantitative estimate of drug-likeness (QED) is 0.670. The van der Waals surface area contributed by atoms with Crippen molar-refractivity contribution in [2.45, 2.75) is 20.3 Å². The topological polar surface area (TPSA) is 0 Å². The zero-order valence-electron chi connectivity index (χ0n) is 10.6. The molecule has 0 fully saturated rings. The van der Waals surface area contributed by atoms with Gasteiger partial charge in [-0.3, -0.25) is 0 Å². The normalized spacial score (nSPS) is 12.8. The molecule has 0 N–H and O–H groups in total. The maximum atomic E-state index is 3.75. The minimum absolute atomic E-state index is 1.05. The van der Waals surface area contributed by atoms with Crippen molar-refractivity contribution in [1.82, 2.24) is 0 Å². The summed E-state index contributed by atoms with van der Waals surface area (Å²) in [5.41, 5.74) is 8.12. The summed E-state index contributed by atoms with van der Waals surface area (Å²) in [7, 11) is 0. The molecule has 0 aromatic heterocycles. The third-order valence-corrected chi connectivity index (χ3v) is 4.71. The van der Waals surface area contributed by atoms with Crippen molar-refractivity contribution in [2.24, 2.45) is 0 Å². The van der Waals surface area contributed by atoms with Crippen LogP contribution in [0.25, 0.3) is 17.2 Å². The molecule has 1 aliphatic carbocycles. The van der Waals surface area contributed by atoms with Gasteiger partial charge >= 0.3 is 0 Å². The number of benzene rings is 2. The van der Waals surface area contributed by atoms with Gasteiger partial charge < -0.3 is 0 Å². The number of fused-ring (bicyclic) bond motifs is 1. The van der Waals surface area contributed by atoms with E-state index in [2.05, 4.69) is 72.3 Å². The minimum Gasteiger partial charge on any atom is -0.0795 e. The Bertz CT molecular complexity index is 651. The van der Waals surface area contributed by atoms with Gasteiger partial charge in [-0.15, -0.1) is 0 Å². The molecular formula is C17H15Br. The molecule has 0 radical (unpaired) electrons. The van der Waals surface area contributed by atoms with Gasteiger partial charge in [0.05, 0.1) is 0 Å². The number of allylic oxidation sites excluding steroid dienone is 1. The highest BCUT2D eigenvalue weighted by molar-refractivity contribution is 9.10. The van der Waals surface area contributed by atoms with Crippen LogP contribution in [0.3, 0.4) is 0 Å². The Morgan fingerprint density at radius 1 is 1.06 bits per heavy atom. The fourth-order valence-corrected chi connectivity index (χ4v) is 3.23. The molecule has 0 saturated carbocycles. The Labute approximate surface area is 116 Å². The van der Waals surface area contributed by atoms with E-state index >= 15 is 0 Å². The van der Waals surface area contributed by atoms with Crippen molar-refractivity contribution in [3.8, 4) is 11.1 Å². The van der Waals surface area contributed by atoms with E-state index in [-0.39, 0.29) is 0 Å². The largest absolute Gasteiger partial charge is 0.0795 e. The zero-order valence-corrected chi connectivity index (χ0v) is 12.2. The first kappa shape index (κ1) is 11.7. The van der Waals surface area contributed by atoms with Crippen molar-refractivity contribution in [2.75, 3.05) is 0 Å². The van der Waals surface area contributed by atoms with Crippen LogP contribution in [0.15, 0.2) is 40.9 Å². The molecular weight excluding hydrogens is 284 g/mol. The maximum absolute atomic E-state index is 3.75. The highest BCUT2D eigenvalue weighted by atomic mass is 79.9. The third-order valence-electron chi connectivity index (χ3n) is 3.69. The van der Waals surface area contributed by atoms with Crippen LogP contribution >= 0.6 is 15.9 Å². The Morgan fingerprint density at radius 3 is 2.61 bits per heavy atom. The molecule has 0 saturated heterocycles. The first-order valence-electron chi connectivity index (χ1n) is 6.23. The number of halogens is 1. The minimum atomic E-state index is 1.05. The fraction of sp³-hybridized carbons (Fsp3) is 0.176. The SMILES string of the molecule is Cc1ccccc1-c1cc2c(c(Br)c1C)C=CC2. The van der Waals surface area contributed by atoms with Crippen molar-refractivity contribution in [3.05, 3.63) is 63.1 Å². The molecule has 18 heavy (non-hydrogen) atoms. The van der Waals surface area contributed by atoms with Crippen LogP contribution in [0.4, 0.5) is 0 Å². The van der Waals surface area contributed by atoms with Crippen molar-refractivity contribution in [1.29, 1.82) is 0 Å². The molecule has 0 bridgehead atoms. The van der Waals surface area contributed by atoms with E-state index in [0.29, 0.717) is 0 Å². The Balaban J connectivity index is 2.27. The van der Waals surface area contributed by atoms with Crippen LogP contribution in [0.5, 0.6) is 0 Å². The summed E-state index contributed by atoms with van der Waals surface area (Å²) in [6.07, 6.45) is 5.50. The molecule has 0 nitrogen and oxygen atoms in total. The van der Waals surface area contributed by atoms with E-state index < -0.39 is 0 Å². The van der Waals surface area contributed by atoms with Gasteiger partial charge in [-0.2, -0.15) is 0 Å². The molecule has 0 spiro atoms. The van der Waals surface area contributed by atoms with Crippen molar-refractivity contribution < 1.29 is 0 Å². The monoisotopic (exact) mass is 298 g/mol. The van der Waals surface area contributed by atoms with Crippen LogP contribution in [0, 0.1) is 13.8 Å². The second kappa shape index (κ2) is 4.40. The lowest BCUT2D eigenvalue weighted by atomic mass is 9.93. The highest BCUT2D eigenvalue weighted by Gasteiger charge is 2.15. The first-order valence-corrected chi connectivity index (χ1v) is 7.02. The highest BCUT2D eigenvalue weighted by Crippen LogP contribution is 2.38. The van der Waals surface area contributed by atoms with E-state index in [9.17, 15) is 0 Å². The van der Waals surface area contributed by atoms with Crippen molar-refractivity contribution in [3.63, 3.8) is 0 Å². The molecule has 2 aromatic rings. The average Bonchev–Trinajstić information content (AvgIpc) is 2.83. The van der Waals surface area contributed by atoms with Crippen LogP contribution in [0.2, 0.25) is 0 Å². The lowest BCUT2D eigenvalue weighted by Gasteiger charge is -2.14. The molecule has 1 heteroatoms. The zero-order chi connectivity index (χ0) is 12.7. The van der Waals surface area contributed by atoms with Crippen LogP contribution < -0.4 is 0 Å². The lowest BCUT2D eigenvalue weighted by molar-refractivity contribution is 1.27. The fourth-order valence-electron chi connectivity index (χ4n) is 2.63. The molecule has 0 heterocycles. The Kier molecular flexibility index (Phi) is 2.87. The smallest absolute Gasteiger partial charge is 0.0285 e. The summed E-state index contributed by atoms with van der Waals surface area (Å²) in [6.45, 7) is 4.37. The van der Waals surface area contributed by atoms with Gasteiger partial charge in [0.1, 0.15) is 0 Å². The number of rotatable bonds is 1. The van der Waals surface area contributed by atoms with Gasteiger partial charge in [0.2, 0.25) is 0 Å². The predicted molar refractivity (Wildman–Crippen MR) is 81.8 cm³/mol. The molecule has 3 rings (SSSR count). The number of hydrogen-bond acceptors (Lipinski definition) is 0. The summed E-state index contributed by atoms with van der Waals surface area (Å²) in [5.74, 6) is 0. The van der Waals surface area contributed by atoms with E-state index in [0.717, 1.165) is 6.42 Å². The van der Waals surface area contributed by atoms with Gasteiger partial charge in [0.15, 0.2) is 0 Å². The standard InChI is InChI=1S/C17H15Br/c1-11-6-3-4-8-14(11)16-10-13-7-5-9-15(13)17(18)12(16)2/h3-6,8-10H,7H2,1-2H3. The summed E-state index contributed by atoms with van der Waals surface area (Å²) in [6, 6.07) is 10.9. The second-order valence-corrected chi connectivity index (χ2v) is 5.65. The predicted octanol–water partition coefficient (Wildman–Crippen LogP) is 5.30. The van der Waals surface area contributed by atoms with Crippen LogP contribution in [0.1, 0.15) is 22.3 Å². The first-order chi connectivity index (χ1) is 8.68. The number of aryl methyl sites for hydroxylation is 1. The summed E-state index contributed by atoms with van der Waals surface area (Å²) in [4.78, 5) is 0. The molecule has 0 unspecified atom stereocenters. The third kappa shape index (κ3) is 1.74. The van der Waals surface area contributed by atoms with Gasteiger partial charge in [-0.1, -0.05) is 36.4 Å². The molecule has 0 atom stereocenters. The van der Waals surface area contributed by atoms with Crippen LogP contribution in [-0.2, 0) is 6.42 Å². The molecule has 2 aromatic carbocycles. The van der Waals surface area contributed by atoms with Gasteiger partial charge in [0, 0.05) is 4.47 Å². The number of hydrogen-bond donors (Lipinski definition) is 0. The molecule has 1 aliphatic rings. The molecule has 0 aliphatic heterocycles. The van der Waals surface area contributed by atoms with Gasteiger partial charge in [-0.25, -0.2) is 0 Å². The van der Waals surface area contributed by atoms with E-state index in [1.54, 1.807) is 0 Å². The van der Waals surface area contributed by atoms with E-state index in [1.165, 1.54) is 37.9 Å². The van der Waals surface area contributed by atoms with E-state index in [4.69, 9.17) is 0 Å². The Hall–Kier alpha value is -1.34. The van der Waals surface area contributed by atoms with Crippen molar-refractivity contribution >= 4 is 22.0 Å².